The molecule has 0 bridgehead atoms. The molecular formula is C14H15N2O4P. The van der Waals surface area contributed by atoms with E-state index < -0.39 is 19.5 Å². The molecule has 7 heteroatoms. The maximum absolute atomic E-state index is 12.2. The number of aromatic nitrogens is 1. The van der Waals surface area contributed by atoms with Gasteiger partial charge in [-0.2, -0.15) is 0 Å². The molecule has 6 nitrogen and oxygen atoms in total. The number of pyridine rings is 1. The predicted molar refractivity (Wildman–Crippen MR) is 77.7 cm³/mol. The van der Waals surface area contributed by atoms with Gasteiger partial charge in [0.15, 0.2) is 0 Å². The molecule has 110 valence electrons. The van der Waals surface area contributed by atoms with Crippen LogP contribution in [0.1, 0.15) is 17.2 Å². The number of rotatable bonds is 6. The van der Waals surface area contributed by atoms with Gasteiger partial charge in [0.1, 0.15) is 6.04 Å². The Bertz CT molecular complexity index is 649. The summed E-state index contributed by atoms with van der Waals surface area (Å²) in [5.74, 6) is -1.21. The molecule has 2 rings (SSSR count). The summed E-state index contributed by atoms with van der Waals surface area (Å²) < 4.78 is 12.2. The van der Waals surface area contributed by atoms with Gasteiger partial charge in [0, 0.05) is 12.4 Å². The Labute approximate surface area is 122 Å². The van der Waals surface area contributed by atoms with Crippen molar-refractivity contribution in [2.45, 2.75) is 12.2 Å². The van der Waals surface area contributed by atoms with E-state index in [2.05, 4.69) is 10.1 Å². The van der Waals surface area contributed by atoms with E-state index in [0.29, 0.717) is 11.1 Å². The lowest BCUT2D eigenvalue weighted by atomic mass is 10.1. The topological polar surface area (TPSA) is 99.5 Å². The van der Waals surface area contributed by atoms with Gasteiger partial charge in [0.05, 0.1) is 6.16 Å². The number of hydrogen-bond acceptors (Lipinski definition) is 3. The average molecular weight is 306 g/mol. The van der Waals surface area contributed by atoms with E-state index >= 15 is 0 Å². The molecule has 2 unspecified atom stereocenters. The number of benzene rings is 1. The van der Waals surface area contributed by atoms with Crippen LogP contribution in [0.25, 0.3) is 0 Å². The molecule has 21 heavy (non-hydrogen) atoms. The molecule has 2 atom stereocenters. The zero-order chi connectivity index (χ0) is 15.3. The van der Waals surface area contributed by atoms with Crippen LogP contribution in [0.4, 0.5) is 0 Å². The van der Waals surface area contributed by atoms with Crippen molar-refractivity contribution in [3.63, 3.8) is 0 Å². The summed E-state index contributed by atoms with van der Waals surface area (Å²) >= 11 is 0. The van der Waals surface area contributed by atoms with Gasteiger partial charge >= 0.3 is 5.97 Å². The summed E-state index contributed by atoms with van der Waals surface area (Å²) in [6.45, 7) is 0. The molecule has 2 aromatic rings. The van der Waals surface area contributed by atoms with Crippen LogP contribution >= 0.6 is 7.52 Å². The molecule has 0 amide bonds. The minimum Gasteiger partial charge on any atom is -0.480 e. The van der Waals surface area contributed by atoms with Gasteiger partial charge < -0.3 is 10.00 Å². The molecular weight excluding hydrogens is 291 g/mol. The lowest BCUT2D eigenvalue weighted by Crippen LogP contribution is -2.26. The van der Waals surface area contributed by atoms with E-state index in [1.54, 1.807) is 48.7 Å². The fraction of sp³-hybridized carbons (Fsp3) is 0.143. The van der Waals surface area contributed by atoms with E-state index in [1.165, 1.54) is 6.20 Å². The van der Waals surface area contributed by atoms with Gasteiger partial charge in [0.2, 0.25) is 0 Å². The molecule has 1 heterocycles. The first kappa shape index (κ1) is 15.4. The molecule has 3 N–H and O–H groups in total. The molecule has 0 radical (unpaired) electrons. The maximum atomic E-state index is 12.2. The first-order valence-electron chi connectivity index (χ1n) is 6.24. The smallest absolute Gasteiger partial charge is 0.325 e. The number of carboxylic acid groups (broad SMARTS) is 1. The Balaban J connectivity index is 2.16. The number of aliphatic carboxylic acids is 1. The normalized spacial score (nSPS) is 15.1. The zero-order valence-electron chi connectivity index (χ0n) is 11.1. The highest BCUT2D eigenvalue weighted by Crippen LogP contribution is 2.42. The summed E-state index contributed by atoms with van der Waals surface area (Å²) in [4.78, 5) is 25.2. The molecule has 0 fully saturated rings. The van der Waals surface area contributed by atoms with E-state index in [-0.39, 0.29) is 6.16 Å². The second kappa shape index (κ2) is 6.63. The molecule has 0 aliphatic heterocycles. The monoisotopic (exact) mass is 306 g/mol. The van der Waals surface area contributed by atoms with Crippen LogP contribution in [0.5, 0.6) is 0 Å². The van der Waals surface area contributed by atoms with Crippen LogP contribution < -0.4 is 5.09 Å². The van der Waals surface area contributed by atoms with Crippen molar-refractivity contribution in [2.75, 3.05) is 0 Å². The molecule has 0 saturated heterocycles. The number of carboxylic acids is 1. The van der Waals surface area contributed by atoms with Gasteiger partial charge in [-0.25, -0.2) is 5.09 Å². The minimum absolute atomic E-state index is 0.183. The summed E-state index contributed by atoms with van der Waals surface area (Å²) in [7, 11) is -3.86. The number of nitrogens with zero attached hydrogens (tertiary/aromatic N) is 1. The lowest BCUT2D eigenvalue weighted by molar-refractivity contribution is -0.139. The number of carbonyl (C=O) groups is 1. The highest BCUT2D eigenvalue weighted by Gasteiger charge is 2.29. The van der Waals surface area contributed by atoms with Crippen molar-refractivity contribution in [1.29, 1.82) is 0 Å². The van der Waals surface area contributed by atoms with Gasteiger partial charge in [-0.1, -0.05) is 36.4 Å². The quantitative estimate of drug-likeness (QED) is 0.707. The van der Waals surface area contributed by atoms with Gasteiger partial charge in [-0.15, -0.1) is 0 Å². The van der Waals surface area contributed by atoms with Crippen molar-refractivity contribution >= 4 is 13.5 Å². The molecule has 0 aliphatic rings. The fourth-order valence-electron chi connectivity index (χ4n) is 1.90. The van der Waals surface area contributed by atoms with E-state index in [0.717, 1.165) is 0 Å². The second-order valence-corrected chi connectivity index (χ2v) is 6.51. The lowest BCUT2D eigenvalue weighted by Gasteiger charge is -2.19. The Morgan fingerprint density at radius 3 is 2.52 bits per heavy atom. The standard InChI is InChI=1S/C14H15N2O4P/c17-14(18)13(12-6-2-1-3-7-12)16-21(19,20)10-11-5-4-8-15-9-11/h1-9,13H,10H2,(H,17,18)(H2,16,19,20). The number of hydrogen-bond donors (Lipinski definition) is 3. The van der Waals surface area contributed by atoms with Crippen molar-refractivity contribution in [1.82, 2.24) is 10.1 Å². The van der Waals surface area contributed by atoms with Crippen LogP contribution in [-0.4, -0.2) is 21.0 Å². The highest BCUT2D eigenvalue weighted by atomic mass is 31.2. The van der Waals surface area contributed by atoms with Gasteiger partial charge in [-0.05, 0) is 17.2 Å². The third kappa shape index (κ3) is 4.49. The minimum atomic E-state index is -3.86. The molecule has 0 saturated carbocycles. The average Bonchev–Trinajstić information content (AvgIpc) is 2.46. The third-order valence-electron chi connectivity index (χ3n) is 2.83. The van der Waals surface area contributed by atoms with Crippen molar-refractivity contribution in [3.8, 4) is 0 Å². The Kier molecular flexibility index (Phi) is 4.85. The molecule has 0 spiro atoms. The van der Waals surface area contributed by atoms with E-state index in [4.69, 9.17) is 0 Å². The van der Waals surface area contributed by atoms with E-state index in [1.807, 2.05) is 0 Å². The molecule has 1 aromatic heterocycles. The summed E-state index contributed by atoms with van der Waals surface area (Å²) in [5.41, 5.74) is 0.985. The van der Waals surface area contributed by atoms with Gasteiger partial charge in [0.25, 0.3) is 7.52 Å². The van der Waals surface area contributed by atoms with E-state index in [9.17, 15) is 19.4 Å². The van der Waals surface area contributed by atoms with Crippen LogP contribution in [0.2, 0.25) is 0 Å². The van der Waals surface area contributed by atoms with Crippen LogP contribution in [-0.2, 0) is 15.5 Å². The fourth-order valence-corrected chi connectivity index (χ4v) is 3.34. The second-order valence-electron chi connectivity index (χ2n) is 4.53. The molecule has 1 aromatic carbocycles. The predicted octanol–water partition coefficient (Wildman–Crippen LogP) is 2.18. The number of nitrogens with one attached hydrogen (secondary N) is 1. The summed E-state index contributed by atoms with van der Waals surface area (Å²) in [5, 5.41) is 11.6. The van der Waals surface area contributed by atoms with Crippen LogP contribution in [0, 0.1) is 0 Å². The summed E-state index contributed by atoms with van der Waals surface area (Å²) in [6.07, 6.45) is 2.85. The zero-order valence-corrected chi connectivity index (χ0v) is 12.0. The maximum Gasteiger partial charge on any atom is 0.325 e. The van der Waals surface area contributed by atoms with Gasteiger partial charge in [-0.3, -0.25) is 14.3 Å². The Morgan fingerprint density at radius 1 is 1.24 bits per heavy atom. The first-order chi connectivity index (χ1) is 9.98. The Morgan fingerprint density at radius 2 is 1.95 bits per heavy atom. The highest BCUT2D eigenvalue weighted by molar-refractivity contribution is 7.55. The third-order valence-corrected chi connectivity index (χ3v) is 4.29. The van der Waals surface area contributed by atoms with Crippen molar-refractivity contribution in [3.05, 3.63) is 66.0 Å². The van der Waals surface area contributed by atoms with Crippen molar-refractivity contribution in [2.24, 2.45) is 0 Å². The SMILES string of the molecule is O=C(O)C(NP(=O)(O)Cc1cccnc1)c1ccccc1. The first-order valence-corrected chi connectivity index (χ1v) is 8.09. The van der Waals surface area contributed by atoms with Crippen molar-refractivity contribution < 1.29 is 19.4 Å². The molecule has 0 aliphatic carbocycles. The van der Waals surface area contributed by atoms with Crippen LogP contribution in [0.3, 0.4) is 0 Å². The van der Waals surface area contributed by atoms with Crippen LogP contribution in [0.15, 0.2) is 54.9 Å². The largest absolute Gasteiger partial charge is 0.480 e. The Hall–Kier alpha value is -2.01. The summed E-state index contributed by atoms with van der Waals surface area (Å²) in [6, 6.07) is 10.4.